The Balaban J connectivity index is 2.19. The van der Waals surface area contributed by atoms with Crippen molar-refractivity contribution in [2.45, 2.75) is 0 Å². The normalized spacial score (nSPS) is 10.8. The van der Waals surface area contributed by atoms with Gasteiger partial charge in [0.2, 0.25) is 0 Å². The summed E-state index contributed by atoms with van der Waals surface area (Å²) in [6.45, 7) is 0. The van der Waals surface area contributed by atoms with E-state index in [0.29, 0.717) is 11.4 Å². The summed E-state index contributed by atoms with van der Waals surface area (Å²) in [4.78, 5) is 12.1. The Morgan fingerprint density at radius 2 is 1.84 bits per heavy atom. The molecule has 0 unspecified atom stereocenters. The number of nitrogens with one attached hydrogen (secondary N) is 2. The number of amides is 1. The van der Waals surface area contributed by atoms with Crippen molar-refractivity contribution in [2.75, 3.05) is 17.7 Å². The Morgan fingerprint density at radius 3 is 2.52 bits per heavy atom. The van der Waals surface area contributed by atoms with Gasteiger partial charge in [0, 0.05) is 6.20 Å². The fraction of sp³-hybridized carbons (Fsp3) is 0.0588. The second-order valence-electron chi connectivity index (χ2n) is 4.69. The van der Waals surface area contributed by atoms with Gasteiger partial charge in [0.15, 0.2) is 17.5 Å². The van der Waals surface area contributed by atoms with E-state index in [1.807, 2.05) is 0 Å². The molecule has 0 aliphatic rings. The van der Waals surface area contributed by atoms with Crippen LogP contribution in [0.15, 0.2) is 48.2 Å². The molecule has 1 amide bonds. The number of carbonyl (C=O) groups is 1. The molecule has 2 N–H and O–H groups in total. The van der Waals surface area contributed by atoms with Crippen LogP contribution in [0.4, 0.5) is 24.5 Å². The van der Waals surface area contributed by atoms with Crippen molar-refractivity contribution in [3.8, 4) is 11.8 Å². The van der Waals surface area contributed by atoms with Gasteiger partial charge in [-0.3, -0.25) is 4.79 Å². The van der Waals surface area contributed by atoms with E-state index in [9.17, 15) is 18.0 Å². The predicted octanol–water partition coefficient (Wildman–Crippen LogP) is 3.57. The lowest BCUT2D eigenvalue weighted by Gasteiger charge is -2.09. The van der Waals surface area contributed by atoms with Crippen LogP contribution in [0.2, 0.25) is 0 Å². The third-order valence-corrected chi connectivity index (χ3v) is 3.13. The number of para-hydroxylation sites is 2. The molecule has 0 radical (unpaired) electrons. The number of carbonyl (C=O) groups excluding carboxylic acids is 1. The standard InChI is InChI=1S/C17H12F3N3O2/c1-25-14-5-3-2-4-12(14)23-17(24)10(8-21)9-22-13-7-6-11(18)15(19)16(13)20/h2-7,9,22H,1H3,(H,23,24)/b10-9-. The van der Waals surface area contributed by atoms with Gasteiger partial charge >= 0.3 is 0 Å². The lowest BCUT2D eigenvalue weighted by molar-refractivity contribution is -0.112. The first-order valence-electron chi connectivity index (χ1n) is 6.92. The fourth-order valence-electron chi connectivity index (χ4n) is 1.87. The topological polar surface area (TPSA) is 74.1 Å². The molecule has 0 fully saturated rings. The third kappa shape index (κ3) is 4.09. The molecule has 0 saturated heterocycles. The quantitative estimate of drug-likeness (QED) is 0.493. The zero-order chi connectivity index (χ0) is 18.4. The smallest absolute Gasteiger partial charge is 0.267 e. The molecule has 2 aromatic rings. The summed E-state index contributed by atoms with van der Waals surface area (Å²) in [6.07, 6.45) is 0.889. The van der Waals surface area contributed by atoms with Crippen LogP contribution in [0.1, 0.15) is 0 Å². The third-order valence-electron chi connectivity index (χ3n) is 3.13. The molecule has 2 aromatic carbocycles. The van der Waals surface area contributed by atoms with Gasteiger partial charge in [-0.15, -0.1) is 0 Å². The van der Waals surface area contributed by atoms with Crippen LogP contribution in [0.25, 0.3) is 0 Å². The van der Waals surface area contributed by atoms with Crippen molar-refractivity contribution in [3.63, 3.8) is 0 Å². The van der Waals surface area contributed by atoms with Gasteiger partial charge in [0.25, 0.3) is 5.91 Å². The Morgan fingerprint density at radius 1 is 1.12 bits per heavy atom. The van der Waals surface area contributed by atoms with Crippen LogP contribution in [0.5, 0.6) is 5.75 Å². The van der Waals surface area contributed by atoms with E-state index >= 15 is 0 Å². The number of rotatable bonds is 5. The van der Waals surface area contributed by atoms with E-state index in [4.69, 9.17) is 10.00 Å². The van der Waals surface area contributed by atoms with E-state index in [-0.39, 0.29) is 0 Å². The molecule has 0 spiro atoms. The highest BCUT2D eigenvalue weighted by Crippen LogP contribution is 2.24. The number of ether oxygens (including phenoxy) is 1. The minimum atomic E-state index is -1.66. The van der Waals surface area contributed by atoms with E-state index < -0.39 is 34.6 Å². The fourth-order valence-corrected chi connectivity index (χ4v) is 1.87. The first kappa shape index (κ1) is 17.9. The second-order valence-corrected chi connectivity index (χ2v) is 4.69. The minimum Gasteiger partial charge on any atom is -0.495 e. The summed E-state index contributed by atoms with van der Waals surface area (Å²) < 4.78 is 44.7. The summed E-state index contributed by atoms with van der Waals surface area (Å²) in [6, 6.07) is 9.82. The summed E-state index contributed by atoms with van der Waals surface area (Å²) in [5.41, 5.74) is -0.498. The first-order chi connectivity index (χ1) is 12.0. The summed E-state index contributed by atoms with van der Waals surface area (Å²) in [5, 5.41) is 13.8. The van der Waals surface area contributed by atoms with Gasteiger partial charge in [-0.25, -0.2) is 13.2 Å². The van der Waals surface area contributed by atoms with Crippen LogP contribution in [-0.4, -0.2) is 13.0 Å². The van der Waals surface area contributed by atoms with Crippen molar-refractivity contribution in [1.82, 2.24) is 0 Å². The molecule has 0 bridgehead atoms. The van der Waals surface area contributed by atoms with Gasteiger partial charge in [-0.05, 0) is 24.3 Å². The van der Waals surface area contributed by atoms with Crippen molar-refractivity contribution < 1.29 is 22.7 Å². The van der Waals surface area contributed by atoms with Crippen LogP contribution in [-0.2, 0) is 4.79 Å². The number of hydrogen-bond donors (Lipinski definition) is 2. The van der Waals surface area contributed by atoms with Gasteiger partial charge in [-0.2, -0.15) is 5.26 Å². The molecule has 25 heavy (non-hydrogen) atoms. The molecule has 0 saturated carbocycles. The Labute approximate surface area is 141 Å². The summed E-state index contributed by atoms with van der Waals surface area (Å²) >= 11 is 0. The molecule has 0 aromatic heterocycles. The van der Waals surface area contributed by atoms with Gasteiger partial charge in [-0.1, -0.05) is 12.1 Å². The van der Waals surface area contributed by atoms with Crippen LogP contribution < -0.4 is 15.4 Å². The molecular weight excluding hydrogens is 335 g/mol. The number of halogens is 3. The second kappa shape index (κ2) is 7.88. The molecule has 0 aliphatic heterocycles. The van der Waals surface area contributed by atoms with Gasteiger partial charge < -0.3 is 15.4 Å². The zero-order valence-electron chi connectivity index (χ0n) is 12.9. The first-order valence-corrected chi connectivity index (χ1v) is 6.92. The minimum absolute atomic E-state index is 0.329. The molecule has 8 heteroatoms. The number of nitrogens with zero attached hydrogens (tertiary/aromatic N) is 1. The van der Waals surface area contributed by atoms with Crippen LogP contribution >= 0.6 is 0 Å². The number of nitriles is 1. The van der Waals surface area contributed by atoms with Crippen molar-refractivity contribution in [2.24, 2.45) is 0 Å². The lowest BCUT2D eigenvalue weighted by atomic mass is 10.2. The molecule has 0 heterocycles. The maximum Gasteiger partial charge on any atom is 0.267 e. The zero-order valence-corrected chi connectivity index (χ0v) is 12.9. The highest BCUT2D eigenvalue weighted by atomic mass is 19.2. The van der Waals surface area contributed by atoms with E-state index in [1.54, 1.807) is 30.3 Å². The molecule has 0 aliphatic carbocycles. The van der Waals surface area contributed by atoms with E-state index in [0.717, 1.165) is 18.3 Å². The van der Waals surface area contributed by atoms with E-state index in [2.05, 4.69) is 10.6 Å². The van der Waals surface area contributed by atoms with Crippen molar-refractivity contribution in [3.05, 3.63) is 65.6 Å². The predicted molar refractivity (Wildman–Crippen MR) is 85.3 cm³/mol. The maximum absolute atomic E-state index is 13.6. The SMILES string of the molecule is COc1ccccc1NC(=O)/C(C#N)=C\Nc1ccc(F)c(F)c1F. The summed E-state index contributed by atoms with van der Waals surface area (Å²) in [7, 11) is 1.42. The molecule has 5 nitrogen and oxygen atoms in total. The van der Waals surface area contributed by atoms with Crippen molar-refractivity contribution in [1.29, 1.82) is 5.26 Å². The lowest BCUT2D eigenvalue weighted by Crippen LogP contribution is -2.15. The number of anilines is 2. The Kier molecular flexibility index (Phi) is 5.63. The Bertz CT molecular complexity index is 876. The molecule has 2 rings (SSSR count). The molecular formula is C17H12F3N3O2. The maximum atomic E-state index is 13.6. The molecule has 0 atom stereocenters. The van der Waals surface area contributed by atoms with Gasteiger partial charge in [0.05, 0.1) is 18.5 Å². The Hall–Kier alpha value is -3.47. The van der Waals surface area contributed by atoms with E-state index in [1.165, 1.54) is 7.11 Å². The number of benzene rings is 2. The van der Waals surface area contributed by atoms with Gasteiger partial charge in [0.1, 0.15) is 17.4 Å². The number of hydrogen-bond acceptors (Lipinski definition) is 4. The average Bonchev–Trinajstić information content (AvgIpc) is 2.62. The molecule has 128 valence electrons. The average molecular weight is 347 g/mol. The monoisotopic (exact) mass is 347 g/mol. The highest BCUT2D eigenvalue weighted by Gasteiger charge is 2.15. The number of methoxy groups -OCH3 is 1. The van der Waals surface area contributed by atoms with Crippen LogP contribution in [0, 0.1) is 28.8 Å². The van der Waals surface area contributed by atoms with Crippen molar-refractivity contribution >= 4 is 17.3 Å². The largest absolute Gasteiger partial charge is 0.495 e. The van der Waals surface area contributed by atoms with Crippen LogP contribution in [0.3, 0.4) is 0 Å². The summed E-state index contributed by atoms with van der Waals surface area (Å²) in [5.74, 6) is -4.87. The highest BCUT2D eigenvalue weighted by molar-refractivity contribution is 6.07.